The van der Waals surface area contributed by atoms with Crippen LogP contribution in [0.4, 0.5) is 5.82 Å². The zero-order chi connectivity index (χ0) is 19.7. The van der Waals surface area contributed by atoms with Crippen LogP contribution in [-0.2, 0) is 9.59 Å². The summed E-state index contributed by atoms with van der Waals surface area (Å²) in [4.78, 5) is 43.3. The number of carbonyl (C=O) groups is 2. The molecule has 1 aliphatic rings. The van der Waals surface area contributed by atoms with Gasteiger partial charge >= 0.3 is 5.97 Å². The van der Waals surface area contributed by atoms with Crippen molar-refractivity contribution in [3.63, 3.8) is 0 Å². The van der Waals surface area contributed by atoms with E-state index in [4.69, 9.17) is 0 Å². The monoisotopic (exact) mass is 373 g/mol. The lowest BCUT2D eigenvalue weighted by atomic mass is 9.79. The number of aliphatic carboxylic acids is 1. The second-order valence-corrected chi connectivity index (χ2v) is 7.01. The normalized spacial score (nSPS) is 19.7. The Hall–Kier alpha value is -2.97. The summed E-state index contributed by atoms with van der Waals surface area (Å²) in [6.45, 7) is 5.16. The highest BCUT2D eigenvalue weighted by Crippen LogP contribution is 2.31. The molecule has 9 heteroatoms. The van der Waals surface area contributed by atoms with Crippen molar-refractivity contribution in [3.05, 3.63) is 33.4 Å². The molecule has 1 saturated carbocycles. The van der Waals surface area contributed by atoms with E-state index in [1.165, 1.54) is 4.68 Å². The highest BCUT2D eigenvalue weighted by molar-refractivity contribution is 5.94. The topological polar surface area (TPSA) is 130 Å². The molecule has 2 aromatic rings. The summed E-state index contributed by atoms with van der Waals surface area (Å²) in [6, 6.07) is 1.66. The molecular weight excluding hydrogens is 350 g/mol. The van der Waals surface area contributed by atoms with Crippen LogP contribution in [0.5, 0.6) is 0 Å². The summed E-state index contributed by atoms with van der Waals surface area (Å²) in [6.07, 6.45) is 2.67. The minimum Gasteiger partial charge on any atom is -0.481 e. The van der Waals surface area contributed by atoms with Gasteiger partial charge in [0.25, 0.3) is 5.56 Å². The first kappa shape index (κ1) is 18.8. The molecule has 0 aromatic carbocycles. The number of H-pyrrole nitrogens is 1. The molecule has 0 unspecified atom stereocenters. The molecule has 2 atom stereocenters. The molecule has 144 valence electrons. The van der Waals surface area contributed by atoms with E-state index < -0.39 is 17.8 Å². The molecule has 2 aromatic heterocycles. The van der Waals surface area contributed by atoms with Crippen LogP contribution in [-0.4, -0.2) is 36.7 Å². The molecule has 0 radical (unpaired) electrons. The molecule has 2 heterocycles. The van der Waals surface area contributed by atoms with Crippen molar-refractivity contribution < 1.29 is 14.7 Å². The van der Waals surface area contributed by atoms with Gasteiger partial charge in [-0.15, -0.1) is 0 Å². The zero-order valence-electron chi connectivity index (χ0n) is 15.6. The van der Waals surface area contributed by atoms with Gasteiger partial charge in [0.15, 0.2) is 0 Å². The number of nitrogens with zero attached hydrogens (tertiary/aromatic N) is 3. The van der Waals surface area contributed by atoms with Crippen molar-refractivity contribution in [1.82, 2.24) is 19.7 Å². The predicted molar refractivity (Wildman–Crippen MR) is 97.9 cm³/mol. The number of carbonyl (C=O) groups excluding carboxylic acids is 1. The van der Waals surface area contributed by atoms with E-state index in [0.29, 0.717) is 35.6 Å². The third kappa shape index (κ3) is 3.76. The molecule has 1 aliphatic carbocycles. The molecule has 0 bridgehead atoms. The molecule has 3 rings (SSSR count). The minimum atomic E-state index is -0.945. The predicted octanol–water partition coefficient (Wildman–Crippen LogP) is 1.71. The van der Waals surface area contributed by atoms with Crippen molar-refractivity contribution in [2.45, 2.75) is 46.5 Å². The van der Waals surface area contributed by atoms with Gasteiger partial charge in [0.2, 0.25) is 11.9 Å². The number of hydrogen-bond acceptors (Lipinski definition) is 5. The van der Waals surface area contributed by atoms with Crippen molar-refractivity contribution in [1.29, 1.82) is 0 Å². The van der Waals surface area contributed by atoms with Crippen LogP contribution in [0, 0.1) is 32.6 Å². The van der Waals surface area contributed by atoms with Gasteiger partial charge in [0, 0.05) is 17.3 Å². The molecule has 9 nitrogen and oxygen atoms in total. The Balaban J connectivity index is 1.91. The Labute approximate surface area is 155 Å². The van der Waals surface area contributed by atoms with Crippen LogP contribution in [0.2, 0.25) is 0 Å². The zero-order valence-corrected chi connectivity index (χ0v) is 15.6. The number of carboxylic acids is 1. The fraction of sp³-hybridized carbons (Fsp3) is 0.500. The lowest BCUT2D eigenvalue weighted by Gasteiger charge is -2.27. The average molecular weight is 373 g/mol. The molecule has 1 fully saturated rings. The van der Waals surface area contributed by atoms with Crippen molar-refractivity contribution >= 4 is 17.7 Å². The van der Waals surface area contributed by atoms with E-state index in [1.54, 1.807) is 26.8 Å². The first-order valence-electron chi connectivity index (χ1n) is 8.96. The smallest absolute Gasteiger partial charge is 0.307 e. The Bertz CT molecular complexity index is 946. The molecular formula is C18H23N5O4. The summed E-state index contributed by atoms with van der Waals surface area (Å²) in [5.41, 5.74) is 1.43. The van der Waals surface area contributed by atoms with Crippen LogP contribution in [0.3, 0.4) is 0 Å². The summed E-state index contributed by atoms with van der Waals surface area (Å²) < 4.78 is 1.36. The van der Waals surface area contributed by atoms with Crippen LogP contribution in [0.1, 0.15) is 42.6 Å². The molecule has 0 aliphatic heterocycles. The second kappa shape index (κ2) is 7.34. The standard InChI is InChI=1S/C18H23N5O4/c1-9-8-14(20-16(25)12-6-4-5-7-13(12)17(26)27)23(22-9)18-19-11(3)10(2)15(24)21-18/h8,12-13H,4-7H2,1-3H3,(H,20,25)(H,26,27)(H,19,21,24)/t12-,13+/m0/s1. The Morgan fingerprint density at radius 1 is 1.22 bits per heavy atom. The number of aryl methyl sites for hydroxylation is 2. The highest BCUT2D eigenvalue weighted by atomic mass is 16.4. The van der Waals surface area contributed by atoms with Crippen LogP contribution in [0.15, 0.2) is 10.9 Å². The maximum absolute atomic E-state index is 12.8. The SMILES string of the molecule is Cc1cc(NC(=O)[C@H]2CCCC[C@H]2C(=O)O)n(-c2nc(C)c(C)c(=O)[nH]2)n1. The third-order valence-electron chi connectivity index (χ3n) is 5.09. The maximum atomic E-state index is 12.8. The van der Waals surface area contributed by atoms with Gasteiger partial charge in [-0.25, -0.2) is 4.98 Å². The number of hydrogen-bond donors (Lipinski definition) is 3. The van der Waals surface area contributed by atoms with Crippen molar-refractivity contribution in [2.75, 3.05) is 5.32 Å². The van der Waals surface area contributed by atoms with Crippen LogP contribution < -0.4 is 10.9 Å². The van der Waals surface area contributed by atoms with Gasteiger partial charge in [0.1, 0.15) is 5.82 Å². The molecule has 1 amide bonds. The quantitative estimate of drug-likeness (QED) is 0.748. The van der Waals surface area contributed by atoms with Crippen molar-refractivity contribution in [3.8, 4) is 5.95 Å². The van der Waals surface area contributed by atoms with E-state index in [1.807, 2.05) is 0 Å². The number of anilines is 1. The number of carboxylic acid groups (broad SMARTS) is 1. The van der Waals surface area contributed by atoms with Gasteiger partial charge in [-0.1, -0.05) is 12.8 Å². The fourth-order valence-corrected chi connectivity index (χ4v) is 3.44. The second-order valence-electron chi connectivity index (χ2n) is 7.01. The molecule has 0 saturated heterocycles. The van der Waals surface area contributed by atoms with E-state index in [2.05, 4.69) is 20.4 Å². The number of aromatic nitrogens is 4. The lowest BCUT2D eigenvalue weighted by molar-refractivity contribution is -0.147. The molecule has 0 spiro atoms. The number of nitrogens with one attached hydrogen (secondary N) is 2. The summed E-state index contributed by atoms with van der Waals surface area (Å²) >= 11 is 0. The van der Waals surface area contributed by atoms with E-state index in [0.717, 1.165) is 12.8 Å². The van der Waals surface area contributed by atoms with Gasteiger partial charge in [-0.2, -0.15) is 9.78 Å². The van der Waals surface area contributed by atoms with Gasteiger partial charge in [-0.05, 0) is 33.6 Å². The number of rotatable bonds is 4. The third-order valence-corrected chi connectivity index (χ3v) is 5.09. The Morgan fingerprint density at radius 3 is 2.52 bits per heavy atom. The fourth-order valence-electron chi connectivity index (χ4n) is 3.44. The summed E-state index contributed by atoms with van der Waals surface area (Å²) in [5, 5.41) is 16.5. The van der Waals surface area contributed by atoms with E-state index >= 15 is 0 Å². The van der Waals surface area contributed by atoms with Gasteiger partial charge < -0.3 is 10.4 Å². The van der Waals surface area contributed by atoms with Gasteiger partial charge in [-0.3, -0.25) is 19.4 Å². The summed E-state index contributed by atoms with van der Waals surface area (Å²) in [7, 11) is 0. The minimum absolute atomic E-state index is 0.199. The van der Waals surface area contributed by atoms with Crippen LogP contribution >= 0.6 is 0 Å². The Kier molecular flexibility index (Phi) is 5.11. The highest BCUT2D eigenvalue weighted by Gasteiger charge is 2.36. The Morgan fingerprint density at radius 2 is 1.89 bits per heavy atom. The van der Waals surface area contributed by atoms with E-state index in [-0.39, 0.29) is 17.4 Å². The molecule has 3 N–H and O–H groups in total. The van der Waals surface area contributed by atoms with E-state index in [9.17, 15) is 19.5 Å². The van der Waals surface area contributed by atoms with Crippen molar-refractivity contribution in [2.24, 2.45) is 11.8 Å². The summed E-state index contributed by atoms with van der Waals surface area (Å²) in [5.74, 6) is -2.03. The number of amides is 1. The first-order chi connectivity index (χ1) is 12.8. The lowest BCUT2D eigenvalue weighted by Crippen LogP contribution is -2.36. The largest absolute Gasteiger partial charge is 0.481 e. The van der Waals surface area contributed by atoms with Gasteiger partial charge in [0.05, 0.1) is 17.5 Å². The first-order valence-corrected chi connectivity index (χ1v) is 8.96. The average Bonchev–Trinajstić information content (AvgIpc) is 2.99. The number of aromatic amines is 1. The maximum Gasteiger partial charge on any atom is 0.307 e. The molecule has 27 heavy (non-hydrogen) atoms. The van der Waals surface area contributed by atoms with Crippen LogP contribution in [0.25, 0.3) is 5.95 Å².